The molecule has 3 nitrogen and oxygen atoms in total. The number of nitrogens with zero attached hydrogens (tertiary/aromatic N) is 2. The van der Waals surface area contributed by atoms with Gasteiger partial charge in [-0.3, -0.25) is 4.68 Å². The molecular weight excluding hydrogens is 266 g/mol. The maximum atomic E-state index is 6.18. The Labute approximate surface area is 124 Å². The van der Waals surface area contributed by atoms with Crippen molar-refractivity contribution in [2.24, 2.45) is 12.8 Å². The van der Waals surface area contributed by atoms with Crippen molar-refractivity contribution < 1.29 is 0 Å². The molecule has 1 aromatic carbocycles. The Balaban J connectivity index is 1.83. The van der Waals surface area contributed by atoms with Gasteiger partial charge in [0.15, 0.2) is 0 Å². The van der Waals surface area contributed by atoms with Crippen LogP contribution in [0.2, 0.25) is 0 Å². The van der Waals surface area contributed by atoms with E-state index < -0.39 is 0 Å². The van der Waals surface area contributed by atoms with E-state index in [1.807, 2.05) is 29.7 Å². The summed E-state index contributed by atoms with van der Waals surface area (Å²) in [4.78, 5) is 1.32. The van der Waals surface area contributed by atoms with Crippen LogP contribution in [0.1, 0.15) is 35.3 Å². The van der Waals surface area contributed by atoms with Crippen molar-refractivity contribution in [2.75, 3.05) is 0 Å². The van der Waals surface area contributed by atoms with Crippen molar-refractivity contribution in [3.63, 3.8) is 0 Å². The zero-order valence-electron chi connectivity index (χ0n) is 12.0. The highest BCUT2D eigenvalue weighted by Gasteiger charge is 2.20. The lowest BCUT2D eigenvalue weighted by Gasteiger charge is -2.19. The molecule has 0 saturated carbocycles. The molecule has 4 heteroatoms. The second-order valence-electron chi connectivity index (χ2n) is 5.63. The summed E-state index contributed by atoms with van der Waals surface area (Å²) in [6.07, 6.45) is 7.74. The van der Waals surface area contributed by atoms with Crippen molar-refractivity contribution >= 4 is 11.8 Å². The molecule has 3 rings (SSSR count). The van der Waals surface area contributed by atoms with E-state index in [1.54, 1.807) is 0 Å². The van der Waals surface area contributed by atoms with Crippen LogP contribution in [-0.4, -0.2) is 15.8 Å². The Hall–Kier alpha value is -1.26. The lowest BCUT2D eigenvalue weighted by atomic mass is 10.1. The zero-order chi connectivity index (χ0) is 14.1. The lowest BCUT2D eigenvalue weighted by molar-refractivity contribution is 0.718. The van der Waals surface area contributed by atoms with Crippen LogP contribution in [0.5, 0.6) is 0 Å². The first-order chi connectivity index (χ1) is 9.63. The maximum Gasteiger partial charge on any atom is 0.0533 e. The zero-order valence-corrected chi connectivity index (χ0v) is 12.9. The van der Waals surface area contributed by atoms with Crippen LogP contribution in [0.3, 0.4) is 0 Å². The van der Waals surface area contributed by atoms with Gasteiger partial charge in [0, 0.05) is 29.7 Å². The smallest absolute Gasteiger partial charge is 0.0533 e. The molecule has 2 atom stereocenters. The van der Waals surface area contributed by atoms with E-state index in [4.69, 9.17) is 5.73 Å². The monoisotopic (exact) mass is 287 g/mol. The van der Waals surface area contributed by atoms with Crippen molar-refractivity contribution in [3.8, 4) is 0 Å². The summed E-state index contributed by atoms with van der Waals surface area (Å²) >= 11 is 1.85. The van der Waals surface area contributed by atoms with E-state index >= 15 is 0 Å². The predicted octanol–water partition coefficient (Wildman–Crippen LogP) is 3.09. The topological polar surface area (TPSA) is 43.8 Å². The minimum atomic E-state index is 0.0949. The number of nitrogens with two attached hydrogens (primary N) is 1. The Kier molecular flexibility index (Phi) is 3.85. The molecule has 106 valence electrons. The van der Waals surface area contributed by atoms with Gasteiger partial charge in [-0.05, 0) is 49.4 Å². The first-order valence-electron chi connectivity index (χ1n) is 7.16. The molecule has 1 heterocycles. The van der Waals surface area contributed by atoms with E-state index in [1.165, 1.54) is 40.8 Å². The highest BCUT2D eigenvalue weighted by Crippen LogP contribution is 2.38. The van der Waals surface area contributed by atoms with Crippen LogP contribution in [0, 0.1) is 0 Å². The van der Waals surface area contributed by atoms with Crippen LogP contribution in [-0.2, 0) is 19.9 Å². The highest BCUT2D eigenvalue weighted by molar-refractivity contribution is 7.99. The van der Waals surface area contributed by atoms with Crippen LogP contribution < -0.4 is 5.73 Å². The van der Waals surface area contributed by atoms with Gasteiger partial charge >= 0.3 is 0 Å². The quantitative estimate of drug-likeness (QED) is 0.879. The van der Waals surface area contributed by atoms with Gasteiger partial charge < -0.3 is 5.73 Å². The Morgan fingerprint density at radius 1 is 1.30 bits per heavy atom. The number of hydrogen-bond donors (Lipinski definition) is 1. The van der Waals surface area contributed by atoms with Crippen LogP contribution in [0.4, 0.5) is 0 Å². The van der Waals surface area contributed by atoms with Crippen LogP contribution in [0.25, 0.3) is 0 Å². The number of benzene rings is 1. The second kappa shape index (κ2) is 5.62. The van der Waals surface area contributed by atoms with Gasteiger partial charge in [0.05, 0.1) is 11.4 Å². The van der Waals surface area contributed by atoms with E-state index in [9.17, 15) is 0 Å². The van der Waals surface area contributed by atoms with Gasteiger partial charge in [-0.1, -0.05) is 6.07 Å². The van der Waals surface area contributed by atoms with Gasteiger partial charge in [-0.25, -0.2) is 0 Å². The molecule has 20 heavy (non-hydrogen) atoms. The molecule has 2 N–H and O–H groups in total. The van der Waals surface area contributed by atoms with Gasteiger partial charge in [0.1, 0.15) is 0 Å². The van der Waals surface area contributed by atoms with Gasteiger partial charge in [0.2, 0.25) is 0 Å². The number of rotatable bonds is 4. The summed E-state index contributed by atoms with van der Waals surface area (Å²) in [5.74, 6) is 0. The van der Waals surface area contributed by atoms with E-state index in [0.29, 0.717) is 0 Å². The number of thioether (sulfide) groups is 1. The lowest BCUT2D eigenvalue weighted by Crippen LogP contribution is -2.22. The molecule has 0 radical (unpaired) electrons. The standard InChI is InChI=1S/C16H21N3S/c1-11(17)16(14-9-18-19(2)10-14)20-15-7-6-12-4-3-5-13(12)8-15/h6-11,16H,3-5,17H2,1-2H3. The number of aryl methyl sites for hydroxylation is 3. The third kappa shape index (κ3) is 2.76. The number of aromatic nitrogens is 2. The molecule has 0 spiro atoms. The minimum Gasteiger partial charge on any atom is -0.327 e. The molecule has 2 aromatic rings. The summed E-state index contributed by atoms with van der Waals surface area (Å²) in [5, 5.41) is 4.52. The minimum absolute atomic E-state index is 0.0949. The fourth-order valence-electron chi connectivity index (χ4n) is 2.83. The number of fused-ring (bicyclic) bond motifs is 1. The average Bonchev–Trinajstić information content (AvgIpc) is 3.03. The fraction of sp³-hybridized carbons (Fsp3) is 0.438. The van der Waals surface area contributed by atoms with Crippen LogP contribution in [0.15, 0.2) is 35.5 Å². The summed E-state index contributed by atoms with van der Waals surface area (Å²) in [5.41, 5.74) is 10.4. The predicted molar refractivity (Wildman–Crippen MR) is 83.9 cm³/mol. The summed E-state index contributed by atoms with van der Waals surface area (Å²) < 4.78 is 1.84. The van der Waals surface area contributed by atoms with Crippen molar-refractivity contribution in [3.05, 3.63) is 47.3 Å². The van der Waals surface area contributed by atoms with Crippen molar-refractivity contribution in [1.82, 2.24) is 9.78 Å². The molecule has 0 aliphatic heterocycles. The second-order valence-corrected chi connectivity index (χ2v) is 6.84. The Bertz CT molecular complexity index is 604. The molecule has 2 unspecified atom stereocenters. The van der Waals surface area contributed by atoms with E-state index in [2.05, 4.69) is 36.4 Å². The van der Waals surface area contributed by atoms with Gasteiger partial charge in [0.25, 0.3) is 0 Å². The SMILES string of the molecule is CC(N)C(Sc1ccc2c(c1)CCC2)c1cnn(C)c1. The summed E-state index contributed by atoms with van der Waals surface area (Å²) in [6.45, 7) is 2.07. The molecule has 1 aliphatic rings. The molecule has 0 saturated heterocycles. The van der Waals surface area contributed by atoms with E-state index in [-0.39, 0.29) is 11.3 Å². The molecular formula is C16H21N3S. The first kappa shape index (κ1) is 13.7. The highest BCUT2D eigenvalue weighted by atomic mass is 32.2. The molecule has 0 bridgehead atoms. The normalized spacial score (nSPS) is 16.9. The molecule has 1 aromatic heterocycles. The Morgan fingerprint density at radius 3 is 2.80 bits per heavy atom. The average molecular weight is 287 g/mol. The molecule has 0 amide bonds. The number of hydrogen-bond acceptors (Lipinski definition) is 3. The van der Waals surface area contributed by atoms with Gasteiger partial charge in [-0.2, -0.15) is 5.10 Å². The third-order valence-electron chi connectivity index (χ3n) is 3.86. The van der Waals surface area contributed by atoms with Crippen molar-refractivity contribution in [2.45, 2.75) is 42.4 Å². The third-order valence-corrected chi connectivity index (χ3v) is 5.35. The van der Waals surface area contributed by atoms with Crippen molar-refractivity contribution in [1.29, 1.82) is 0 Å². The fourth-order valence-corrected chi connectivity index (χ4v) is 3.96. The van der Waals surface area contributed by atoms with E-state index in [0.717, 1.165) is 0 Å². The first-order valence-corrected chi connectivity index (χ1v) is 8.04. The largest absolute Gasteiger partial charge is 0.327 e. The molecule has 0 fully saturated rings. The Morgan fingerprint density at radius 2 is 2.10 bits per heavy atom. The molecule has 1 aliphatic carbocycles. The van der Waals surface area contributed by atoms with Crippen LogP contribution >= 0.6 is 11.8 Å². The summed E-state index contributed by atoms with van der Waals surface area (Å²) in [7, 11) is 1.95. The maximum absolute atomic E-state index is 6.18. The van der Waals surface area contributed by atoms with Gasteiger partial charge in [-0.15, -0.1) is 11.8 Å². The summed E-state index contributed by atoms with van der Waals surface area (Å²) in [6, 6.07) is 6.96.